The summed E-state index contributed by atoms with van der Waals surface area (Å²) in [5.74, 6) is -1.75. The van der Waals surface area contributed by atoms with Crippen LogP contribution in [0.3, 0.4) is 0 Å². The quantitative estimate of drug-likeness (QED) is 0.520. The fraction of sp³-hybridized carbons (Fsp3) is 0.480. The summed E-state index contributed by atoms with van der Waals surface area (Å²) in [6.07, 6.45) is -1.93. The van der Waals surface area contributed by atoms with Gasteiger partial charge in [-0.15, -0.1) is 0 Å². The van der Waals surface area contributed by atoms with Crippen LogP contribution in [0.5, 0.6) is 0 Å². The summed E-state index contributed by atoms with van der Waals surface area (Å²) < 4.78 is 36.0. The molecule has 2 aromatic carbocycles. The van der Waals surface area contributed by atoms with Crippen LogP contribution in [0.4, 0.5) is 0 Å². The Labute approximate surface area is 187 Å². The molecule has 0 bridgehead atoms. The molecule has 170 valence electrons. The van der Waals surface area contributed by atoms with Gasteiger partial charge in [0.2, 0.25) is 0 Å². The Balaban J connectivity index is 1.65. The minimum Gasteiger partial charge on any atom is -0.486 e. The lowest BCUT2D eigenvalue weighted by atomic mass is 9.91. The van der Waals surface area contributed by atoms with Gasteiger partial charge >= 0.3 is 5.97 Å². The monoisotopic (exact) mass is 440 g/mol. The van der Waals surface area contributed by atoms with Crippen molar-refractivity contribution in [2.75, 3.05) is 13.7 Å². The summed E-state index contributed by atoms with van der Waals surface area (Å²) in [5, 5.41) is 2.08. The third kappa shape index (κ3) is 3.69. The SMILES string of the molecule is COC(=O)/C(=C1/O[C@@H]2COC(C)(C)O[C@H]2[C@@H]2OC(C)(C)O[C@H]12)c1ccc2ccccc2c1. The highest BCUT2D eigenvalue weighted by atomic mass is 16.8. The van der Waals surface area contributed by atoms with E-state index in [0.717, 1.165) is 10.8 Å². The largest absolute Gasteiger partial charge is 0.486 e. The van der Waals surface area contributed by atoms with Crippen molar-refractivity contribution in [3.63, 3.8) is 0 Å². The number of hydrogen-bond donors (Lipinski definition) is 0. The van der Waals surface area contributed by atoms with Crippen LogP contribution >= 0.6 is 0 Å². The Morgan fingerprint density at radius 1 is 0.938 bits per heavy atom. The average Bonchev–Trinajstić information content (AvgIpc) is 3.09. The summed E-state index contributed by atoms with van der Waals surface area (Å²) in [4.78, 5) is 13.0. The Bertz CT molecular complexity index is 1090. The molecule has 0 aromatic heterocycles. The predicted molar refractivity (Wildman–Crippen MR) is 116 cm³/mol. The number of rotatable bonds is 2. The van der Waals surface area contributed by atoms with Crippen LogP contribution in [0, 0.1) is 0 Å². The van der Waals surface area contributed by atoms with E-state index in [1.54, 1.807) is 0 Å². The van der Waals surface area contributed by atoms with E-state index in [2.05, 4.69) is 0 Å². The molecule has 32 heavy (non-hydrogen) atoms. The molecule has 0 radical (unpaired) electrons. The summed E-state index contributed by atoms with van der Waals surface area (Å²) in [6, 6.07) is 13.8. The van der Waals surface area contributed by atoms with Crippen LogP contribution < -0.4 is 0 Å². The molecule has 0 N–H and O–H groups in total. The second-order valence-corrected chi connectivity index (χ2v) is 9.26. The first kappa shape index (κ1) is 21.4. The second kappa shape index (κ2) is 7.56. The Morgan fingerprint density at radius 2 is 1.66 bits per heavy atom. The third-order valence-corrected chi connectivity index (χ3v) is 6.05. The van der Waals surface area contributed by atoms with Crippen molar-refractivity contribution in [1.29, 1.82) is 0 Å². The second-order valence-electron chi connectivity index (χ2n) is 9.26. The van der Waals surface area contributed by atoms with Gasteiger partial charge in [0.15, 0.2) is 17.7 Å². The Hall–Kier alpha value is -2.45. The van der Waals surface area contributed by atoms with Gasteiger partial charge in [-0.3, -0.25) is 0 Å². The number of carbonyl (C=O) groups excluding carboxylic acids is 1. The maximum Gasteiger partial charge on any atom is 0.342 e. The molecule has 0 saturated carbocycles. The number of fused-ring (bicyclic) bond motifs is 4. The highest BCUT2D eigenvalue weighted by molar-refractivity contribution is 6.18. The molecule has 3 heterocycles. The van der Waals surface area contributed by atoms with Gasteiger partial charge in [-0.2, -0.15) is 0 Å². The molecule has 0 amide bonds. The minimum atomic E-state index is -0.866. The molecule has 3 saturated heterocycles. The molecular weight excluding hydrogens is 412 g/mol. The van der Waals surface area contributed by atoms with Crippen LogP contribution in [-0.2, 0) is 33.2 Å². The number of esters is 1. The molecule has 3 fully saturated rings. The average molecular weight is 440 g/mol. The van der Waals surface area contributed by atoms with E-state index >= 15 is 0 Å². The fourth-order valence-corrected chi connectivity index (χ4v) is 4.67. The van der Waals surface area contributed by atoms with Crippen LogP contribution in [0.15, 0.2) is 48.2 Å². The zero-order chi connectivity index (χ0) is 22.7. The maximum absolute atomic E-state index is 13.0. The standard InChI is InChI=1S/C25H28O7/c1-24(2)28-13-17-19(30-24)21-22(32-25(3,4)31-21)20(29-17)18(23(26)27-5)16-11-10-14-8-6-7-9-15(14)12-16/h6-12,17,19,21-22H,13H2,1-5H3/b20-18+/t17-,19-,21+,22-/m1/s1. The minimum absolute atomic E-state index is 0.306. The first-order valence-electron chi connectivity index (χ1n) is 10.8. The molecule has 0 spiro atoms. The van der Waals surface area contributed by atoms with Gasteiger partial charge in [0, 0.05) is 0 Å². The van der Waals surface area contributed by atoms with E-state index in [1.165, 1.54) is 7.11 Å². The number of methoxy groups -OCH3 is 1. The van der Waals surface area contributed by atoms with Crippen LogP contribution in [0.25, 0.3) is 16.3 Å². The molecule has 3 aliphatic rings. The van der Waals surface area contributed by atoms with Crippen LogP contribution in [-0.4, -0.2) is 55.7 Å². The van der Waals surface area contributed by atoms with Gasteiger partial charge in [-0.25, -0.2) is 4.79 Å². The summed E-state index contributed by atoms with van der Waals surface area (Å²) in [5.41, 5.74) is 1.01. The molecule has 0 unspecified atom stereocenters. The number of benzene rings is 2. The van der Waals surface area contributed by atoms with Crippen LogP contribution in [0.1, 0.15) is 33.3 Å². The van der Waals surface area contributed by atoms with E-state index in [0.29, 0.717) is 23.5 Å². The molecule has 5 rings (SSSR count). The lowest BCUT2D eigenvalue weighted by Crippen LogP contribution is -2.60. The lowest BCUT2D eigenvalue weighted by molar-refractivity contribution is -0.331. The summed E-state index contributed by atoms with van der Waals surface area (Å²) in [7, 11) is 1.36. The fourth-order valence-electron chi connectivity index (χ4n) is 4.67. The van der Waals surface area contributed by atoms with E-state index < -0.39 is 42.0 Å². The normalized spacial score (nSPS) is 31.9. The van der Waals surface area contributed by atoms with Gasteiger partial charge < -0.3 is 28.4 Å². The van der Waals surface area contributed by atoms with Crippen molar-refractivity contribution in [2.24, 2.45) is 0 Å². The smallest absolute Gasteiger partial charge is 0.342 e. The highest BCUT2D eigenvalue weighted by Gasteiger charge is 2.58. The molecule has 2 aromatic rings. The Kier molecular flexibility index (Phi) is 5.05. The Morgan fingerprint density at radius 3 is 2.41 bits per heavy atom. The lowest BCUT2D eigenvalue weighted by Gasteiger charge is -2.47. The van der Waals surface area contributed by atoms with Gasteiger partial charge in [0.25, 0.3) is 0 Å². The molecular formula is C25H28O7. The zero-order valence-corrected chi connectivity index (χ0v) is 18.9. The molecule has 3 aliphatic heterocycles. The van der Waals surface area contributed by atoms with Gasteiger partial charge in [-0.1, -0.05) is 36.4 Å². The maximum atomic E-state index is 13.0. The van der Waals surface area contributed by atoms with Gasteiger partial charge in [0.05, 0.1) is 13.7 Å². The zero-order valence-electron chi connectivity index (χ0n) is 18.9. The highest BCUT2D eigenvalue weighted by Crippen LogP contribution is 2.45. The van der Waals surface area contributed by atoms with E-state index in [-0.39, 0.29) is 0 Å². The third-order valence-electron chi connectivity index (χ3n) is 6.05. The van der Waals surface area contributed by atoms with Crippen molar-refractivity contribution in [1.82, 2.24) is 0 Å². The molecule has 0 aliphatic carbocycles. The summed E-state index contributed by atoms with van der Waals surface area (Å²) >= 11 is 0. The number of ether oxygens (including phenoxy) is 6. The van der Waals surface area contributed by atoms with Gasteiger partial charge in [0.1, 0.15) is 29.6 Å². The van der Waals surface area contributed by atoms with E-state index in [4.69, 9.17) is 28.4 Å². The van der Waals surface area contributed by atoms with E-state index in [1.807, 2.05) is 70.2 Å². The number of hydrogen-bond acceptors (Lipinski definition) is 7. The van der Waals surface area contributed by atoms with Crippen molar-refractivity contribution < 1.29 is 33.2 Å². The van der Waals surface area contributed by atoms with Crippen molar-refractivity contribution >= 4 is 22.3 Å². The first-order chi connectivity index (χ1) is 15.2. The van der Waals surface area contributed by atoms with Crippen molar-refractivity contribution in [3.05, 3.63) is 53.8 Å². The van der Waals surface area contributed by atoms with Crippen molar-refractivity contribution in [3.8, 4) is 0 Å². The van der Waals surface area contributed by atoms with Gasteiger partial charge in [-0.05, 0) is 50.1 Å². The van der Waals surface area contributed by atoms with Crippen LogP contribution in [0.2, 0.25) is 0 Å². The van der Waals surface area contributed by atoms with E-state index in [9.17, 15) is 4.79 Å². The molecule has 4 atom stereocenters. The van der Waals surface area contributed by atoms with Crippen molar-refractivity contribution in [2.45, 2.75) is 63.7 Å². The molecule has 7 heteroatoms. The summed E-state index contributed by atoms with van der Waals surface area (Å²) in [6.45, 7) is 7.71. The first-order valence-corrected chi connectivity index (χ1v) is 10.8. The number of carbonyl (C=O) groups is 1. The topological polar surface area (TPSA) is 72.5 Å². The molecule has 7 nitrogen and oxygen atoms in total. The predicted octanol–water partition coefficient (Wildman–Crippen LogP) is 3.79.